The van der Waals surface area contributed by atoms with Crippen LogP contribution in [0.25, 0.3) is 0 Å². The number of carbonyl (C=O) groups excluding carboxylic acids is 2. The average molecular weight is 488 g/mol. The summed E-state index contributed by atoms with van der Waals surface area (Å²) in [4.78, 5) is 34.4. The van der Waals surface area contributed by atoms with Crippen molar-refractivity contribution in [2.45, 2.75) is 0 Å². The maximum Gasteiger partial charge on any atom is 0.345 e. The van der Waals surface area contributed by atoms with Crippen LogP contribution in [0.2, 0.25) is 10.0 Å². The zero-order chi connectivity index (χ0) is 23.8. The van der Waals surface area contributed by atoms with Gasteiger partial charge in [0.2, 0.25) is 0 Å². The fourth-order valence-corrected chi connectivity index (χ4v) is 2.90. The van der Waals surface area contributed by atoms with E-state index in [1.54, 1.807) is 48.5 Å². The first-order valence-corrected chi connectivity index (χ1v) is 10.0. The highest BCUT2D eigenvalue weighted by atomic mass is 35.5. The SMILES string of the molecule is O=C(COc1ccc(Cl)cc1[N+](=O)[O-])N/N=C\c1ccc(OC(=O)c2ccccc2Cl)cc1. The van der Waals surface area contributed by atoms with Gasteiger partial charge >= 0.3 is 11.7 Å². The number of nitro groups is 1. The summed E-state index contributed by atoms with van der Waals surface area (Å²) in [5, 5.41) is 15.3. The molecule has 0 spiro atoms. The number of rotatable bonds is 8. The topological polar surface area (TPSA) is 120 Å². The molecule has 0 saturated heterocycles. The van der Waals surface area contributed by atoms with E-state index in [9.17, 15) is 19.7 Å². The minimum atomic E-state index is -0.660. The Morgan fingerprint density at radius 1 is 1.06 bits per heavy atom. The number of benzene rings is 3. The Morgan fingerprint density at radius 2 is 1.79 bits per heavy atom. The molecule has 11 heteroatoms. The van der Waals surface area contributed by atoms with Gasteiger partial charge in [0.05, 0.1) is 21.7 Å². The molecule has 0 bridgehead atoms. The highest BCUT2D eigenvalue weighted by Gasteiger charge is 2.16. The van der Waals surface area contributed by atoms with E-state index in [0.29, 0.717) is 11.3 Å². The second kappa shape index (κ2) is 11.1. The molecule has 0 aliphatic carbocycles. The van der Waals surface area contributed by atoms with Crippen molar-refractivity contribution < 1.29 is 24.0 Å². The van der Waals surface area contributed by atoms with E-state index in [1.807, 2.05) is 0 Å². The van der Waals surface area contributed by atoms with Crippen molar-refractivity contribution in [1.82, 2.24) is 5.43 Å². The van der Waals surface area contributed by atoms with E-state index in [2.05, 4.69) is 10.5 Å². The van der Waals surface area contributed by atoms with Gasteiger partial charge in [0.25, 0.3) is 5.91 Å². The van der Waals surface area contributed by atoms with Crippen molar-refractivity contribution in [3.05, 3.63) is 98.0 Å². The quantitative estimate of drug-likeness (QED) is 0.162. The van der Waals surface area contributed by atoms with E-state index >= 15 is 0 Å². The smallest absolute Gasteiger partial charge is 0.345 e. The van der Waals surface area contributed by atoms with E-state index in [1.165, 1.54) is 18.3 Å². The van der Waals surface area contributed by atoms with Crippen LogP contribution in [0.5, 0.6) is 11.5 Å². The van der Waals surface area contributed by atoms with Crippen LogP contribution in [-0.2, 0) is 4.79 Å². The van der Waals surface area contributed by atoms with Crippen molar-refractivity contribution in [3.63, 3.8) is 0 Å². The van der Waals surface area contributed by atoms with Gasteiger partial charge in [-0.2, -0.15) is 5.10 Å². The third kappa shape index (κ3) is 6.76. The summed E-state index contributed by atoms with van der Waals surface area (Å²) < 4.78 is 10.4. The van der Waals surface area contributed by atoms with Crippen molar-refractivity contribution in [1.29, 1.82) is 0 Å². The first kappa shape index (κ1) is 23.7. The maximum absolute atomic E-state index is 12.2. The van der Waals surface area contributed by atoms with E-state index in [0.717, 1.165) is 6.07 Å². The molecule has 33 heavy (non-hydrogen) atoms. The summed E-state index contributed by atoms with van der Waals surface area (Å²) in [5.41, 5.74) is 2.75. The number of hydrazone groups is 1. The van der Waals surface area contributed by atoms with Crippen LogP contribution in [0.4, 0.5) is 5.69 Å². The van der Waals surface area contributed by atoms with Crippen LogP contribution >= 0.6 is 23.2 Å². The van der Waals surface area contributed by atoms with Gasteiger partial charge in [-0.1, -0.05) is 35.3 Å². The van der Waals surface area contributed by atoms with Crippen LogP contribution in [0.3, 0.4) is 0 Å². The van der Waals surface area contributed by atoms with Gasteiger partial charge in [0, 0.05) is 11.1 Å². The molecule has 0 unspecified atom stereocenters. The maximum atomic E-state index is 12.2. The monoisotopic (exact) mass is 487 g/mol. The number of ether oxygens (including phenoxy) is 2. The van der Waals surface area contributed by atoms with Gasteiger partial charge in [0.1, 0.15) is 5.75 Å². The van der Waals surface area contributed by atoms with Gasteiger partial charge in [-0.3, -0.25) is 14.9 Å². The number of nitrogens with zero attached hydrogens (tertiary/aromatic N) is 2. The molecule has 0 saturated carbocycles. The predicted octanol–water partition coefficient (Wildman–Crippen LogP) is 4.65. The number of nitrogens with one attached hydrogen (secondary N) is 1. The van der Waals surface area contributed by atoms with Gasteiger partial charge < -0.3 is 9.47 Å². The number of hydrogen-bond acceptors (Lipinski definition) is 7. The van der Waals surface area contributed by atoms with Crippen molar-refractivity contribution >= 4 is 47.0 Å². The first-order chi connectivity index (χ1) is 15.8. The van der Waals surface area contributed by atoms with E-state index in [4.69, 9.17) is 32.7 Å². The lowest BCUT2D eigenvalue weighted by Gasteiger charge is -2.06. The molecule has 3 rings (SSSR count). The Balaban J connectivity index is 1.50. The largest absolute Gasteiger partial charge is 0.477 e. The summed E-state index contributed by atoms with van der Waals surface area (Å²) in [5.74, 6) is -1.000. The lowest BCUT2D eigenvalue weighted by atomic mass is 10.2. The lowest BCUT2D eigenvalue weighted by molar-refractivity contribution is -0.385. The number of hydrogen-bond donors (Lipinski definition) is 1. The van der Waals surface area contributed by atoms with Gasteiger partial charge in [0.15, 0.2) is 12.4 Å². The molecule has 3 aromatic rings. The highest BCUT2D eigenvalue weighted by Crippen LogP contribution is 2.29. The Bertz CT molecular complexity index is 1220. The first-order valence-electron chi connectivity index (χ1n) is 9.29. The number of halogens is 2. The fourth-order valence-electron chi connectivity index (χ4n) is 2.52. The molecule has 0 fully saturated rings. The number of esters is 1. The average Bonchev–Trinajstić information content (AvgIpc) is 2.79. The summed E-state index contributed by atoms with van der Waals surface area (Å²) in [7, 11) is 0. The van der Waals surface area contributed by atoms with E-state index < -0.39 is 23.4 Å². The second-order valence-electron chi connectivity index (χ2n) is 6.39. The molecule has 168 valence electrons. The van der Waals surface area contributed by atoms with Crippen LogP contribution in [-0.4, -0.2) is 29.6 Å². The predicted molar refractivity (Wildman–Crippen MR) is 122 cm³/mol. The van der Waals surface area contributed by atoms with Crippen molar-refractivity contribution in [2.75, 3.05) is 6.61 Å². The van der Waals surface area contributed by atoms with Crippen LogP contribution < -0.4 is 14.9 Å². The number of nitro benzene ring substituents is 1. The summed E-state index contributed by atoms with van der Waals surface area (Å²) in [6.45, 7) is -0.489. The van der Waals surface area contributed by atoms with Crippen molar-refractivity contribution in [3.8, 4) is 11.5 Å². The third-order valence-corrected chi connectivity index (χ3v) is 4.63. The Hall–Kier alpha value is -3.95. The Morgan fingerprint density at radius 3 is 2.48 bits per heavy atom. The van der Waals surface area contributed by atoms with Gasteiger partial charge in [-0.15, -0.1) is 0 Å². The molecule has 0 aliphatic rings. The fraction of sp³-hybridized carbons (Fsp3) is 0.0455. The lowest BCUT2D eigenvalue weighted by Crippen LogP contribution is -2.24. The second-order valence-corrected chi connectivity index (χ2v) is 7.23. The molecule has 1 amide bonds. The molecule has 0 heterocycles. The summed E-state index contributed by atoms with van der Waals surface area (Å²) in [6, 6.07) is 16.7. The van der Waals surface area contributed by atoms with Gasteiger partial charge in [-0.25, -0.2) is 10.2 Å². The summed E-state index contributed by atoms with van der Waals surface area (Å²) in [6.07, 6.45) is 1.36. The zero-order valence-electron chi connectivity index (χ0n) is 16.7. The minimum absolute atomic E-state index is 0.0922. The molecule has 0 aliphatic heterocycles. The Labute approximate surface area is 197 Å². The van der Waals surface area contributed by atoms with Crippen LogP contribution in [0, 0.1) is 10.1 Å². The highest BCUT2D eigenvalue weighted by molar-refractivity contribution is 6.33. The standard InChI is InChI=1S/C22H15Cl2N3O6/c23-15-7-10-20(19(11-15)27(30)31)32-13-21(28)26-25-12-14-5-8-16(9-6-14)33-22(29)17-3-1-2-4-18(17)24/h1-12H,13H2,(H,26,28)/b25-12-. The normalized spacial score (nSPS) is 10.6. The number of amides is 1. The Kier molecular flexibility index (Phi) is 7.96. The summed E-state index contributed by atoms with van der Waals surface area (Å²) >= 11 is 11.7. The van der Waals surface area contributed by atoms with Crippen LogP contribution in [0.15, 0.2) is 71.8 Å². The molecule has 9 nitrogen and oxygen atoms in total. The van der Waals surface area contributed by atoms with E-state index in [-0.39, 0.29) is 27.0 Å². The molecule has 1 N–H and O–H groups in total. The van der Waals surface area contributed by atoms with Crippen molar-refractivity contribution in [2.24, 2.45) is 5.10 Å². The number of carbonyl (C=O) groups is 2. The zero-order valence-corrected chi connectivity index (χ0v) is 18.2. The van der Waals surface area contributed by atoms with Gasteiger partial charge in [-0.05, 0) is 54.1 Å². The molecule has 3 aromatic carbocycles. The minimum Gasteiger partial charge on any atom is -0.477 e. The third-order valence-electron chi connectivity index (χ3n) is 4.06. The van der Waals surface area contributed by atoms with Crippen LogP contribution in [0.1, 0.15) is 15.9 Å². The molecule has 0 atom stereocenters. The molecule has 0 aromatic heterocycles. The molecular formula is C22H15Cl2N3O6. The molecular weight excluding hydrogens is 473 g/mol. The molecule has 0 radical (unpaired) electrons.